The second kappa shape index (κ2) is 6.49. The van der Waals surface area contributed by atoms with Crippen molar-refractivity contribution in [2.75, 3.05) is 15.4 Å². The number of rotatable bonds is 3. The third kappa shape index (κ3) is 3.60. The molecule has 2 aromatic carbocycles. The van der Waals surface area contributed by atoms with Gasteiger partial charge in [0.25, 0.3) is 5.91 Å². The van der Waals surface area contributed by atoms with Crippen LogP contribution in [0.2, 0.25) is 0 Å². The number of anilines is 2. The minimum absolute atomic E-state index is 0.228. The van der Waals surface area contributed by atoms with Crippen molar-refractivity contribution in [2.45, 2.75) is 27.7 Å². The van der Waals surface area contributed by atoms with Crippen LogP contribution in [-0.2, 0) is 14.8 Å². The molecule has 1 aliphatic heterocycles. The number of hydrogen-bond donors (Lipinski definition) is 1. The van der Waals surface area contributed by atoms with Gasteiger partial charge >= 0.3 is 0 Å². The van der Waals surface area contributed by atoms with Crippen molar-refractivity contribution in [3.63, 3.8) is 0 Å². The van der Waals surface area contributed by atoms with Crippen LogP contribution in [0.5, 0.6) is 0 Å². The van der Waals surface area contributed by atoms with Gasteiger partial charge < -0.3 is 5.32 Å². The lowest BCUT2D eigenvalue weighted by Gasteiger charge is -2.17. The van der Waals surface area contributed by atoms with E-state index in [1.54, 1.807) is 13.8 Å². The topological polar surface area (TPSA) is 83.6 Å². The molecule has 3 rings (SSSR count). The molecule has 1 N–H and O–H groups in total. The van der Waals surface area contributed by atoms with E-state index in [0.717, 1.165) is 15.4 Å². The molecule has 1 aliphatic rings. The zero-order valence-electron chi connectivity index (χ0n) is 15.7. The van der Waals surface area contributed by atoms with E-state index >= 15 is 0 Å². The van der Waals surface area contributed by atoms with Crippen molar-refractivity contribution in [1.29, 1.82) is 0 Å². The van der Waals surface area contributed by atoms with Crippen molar-refractivity contribution in [1.82, 2.24) is 0 Å². The first kappa shape index (κ1) is 19.1. The van der Waals surface area contributed by atoms with Crippen molar-refractivity contribution in [3.8, 4) is 0 Å². The highest BCUT2D eigenvalue weighted by atomic mass is 32.2. The second-order valence-electron chi connectivity index (χ2n) is 7.51. The first-order valence-electron chi connectivity index (χ1n) is 8.57. The lowest BCUT2D eigenvalue weighted by atomic mass is 9.95. The molecule has 1 fully saturated rings. The van der Waals surface area contributed by atoms with Crippen LogP contribution in [0.3, 0.4) is 0 Å². The Morgan fingerprint density at radius 1 is 1.04 bits per heavy atom. The molecule has 0 saturated carbocycles. The summed E-state index contributed by atoms with van der Waals surface area (Å²) in [5.41, 5.74) is 2.55. The fourth-order valence-electron chi connectivity index (χ4n) is 3.03. The summed E-state index contributed by atoms with van der Waals surface area (Å²) in [7, 11) is -3.70. The van der Waals surface area contributed by atoms with Crippen LogP contribution in [0.1, 0.15) is 35.3 Å². The summed E-state index contributed by atoms with van der Waals surface area (Å²) < 4.78 is 25.5. The monoisotopic (exact) mass is 386 g/mol. The maximum Gasteiger partial charge on any atom is 0.255 e. The maximum absolute atomic E-state index is 12.4. The van der Waals surface area contributed by atoms with Gasteiger partial charge in [0.1, 0.15) is 0 Å². The van der Waals surface area contributed by atoms with Crippen LogP contribution in [0.15, 0.2) is 42.5 Å². The first-order chi connectivity index (χ1) is 12.5. The molecule has 2 aromatic rings. The molecule has 0 spiro atoms. The highest BCUT2D eigenvalue weighted by molar-refractivity contribution is 7.94. The standard InChI is InChI=1S/C20H22N2O4S/c1-13-5-8-16(11-14(13)2)21-18(23)15-6-9-17(10-7-15)22-19(24)20(3,4)12-27(22,25)26/h5-11H,12H2,1-4H3,(H,21,23). The smallest absolute Gasteiger partial charge is 0.255 e. The Bertz CT molecular complexity index is 1020. The maximum atomic E-state index is 12.4. The Morgan fingerprint density at radius 3 is 2.19 bits per heavy atom. The van der Waals surface area contributed by atoms with E-state index in [0.29, 0.717) is 11.3 Å². The number of benzene rings is 2. The molecule has 1 saturated heterocycles. The summed E-state index contributed by atoms with van der Waals surface area (Å²) in [4.78, 5) is 24.9. The third-order valence-corrected chi connectivity index (χ3v) is 6.73. The van der Waals surface area contributed by atoms with Crippen LogP contribution in [-0.4, -0.2) is 26.0 Å². The van der Waals surface area contributed by atoms with Crippen molar-refractivity contribution < 1.29 is 18.0 Å². The summed E-state index contributed by atoms with van der Waals surface area (Å²) in [5.74, 6) is -0.996. The van der Waals surface area contributed by atoms with Gasteiger partial charge in [0.15, 0.2) is 0 Å². The van der Waals surface area contributed by atoms with Crippen LogP contribution in [0.25, 0.3) is 0 Å². The van der Waals surface area contributed by atoms with Crippen molar-refractivity contribution in [2.24, 2.45) is 5.41 Å². The van der Waals surface area contributed by atoms with Gasteiger partial charge in [0.05, 0.1) is 16.9 Å². The molecule has 0 aliphatic carbocycles. The number of amides is 2. The summed E-state index contributed by atoms with van der Waals surface area (Å²) in [5, 5.41) is 2.82. The molecule has 6 nitrogen and oxygen atoms in total. The van der Waals surface area contributed by atoms with Gasteiger partial charge in [-0.05, 0) is 75.2 Å². The third-order valence-electron chi connectivity index (χ3n) is 4.71. The van der Waals surface area contributed by atoms with E-state index in [-0.39, 0.29) is 17.3 Å². The molecule has 0 atom stereocenters. The molecule has 0 radical (unpaired) electrons. The highest BCUT2D eigenvalue weighted by Crippen LogP contribution is 2.35. The van der Waals surface area contributed by atoms with Gasteiger partial charge in [0.2, 0.25) is 15.9 Å². The Morgan fingerprint density at radius 2 is 1.67 bits per heavy atom. The Balaban J connectivity index is 1.82. The molecule has 0 unspecified atom stereocenters. The highest BCUT2D eigenvalue weighted by Gasteiger charge is 2.49. The van der Waals surface area contributed by atoms with E-state index in [2.05, 4.69) is 5.32 Å². The van der Waals surface area contributed by atoms with E-state index in [4.69, 9.17) is 0 Å². The summed E-state index contributed by atoms with van der Waals surface area (Å²) in [6.07, 6.45) is 0. The van der Waals surface area contributed by atoms with Crippen LogP contribution in [0, 0.1) is 19.3 Å². The Hall–Kier alpha value is -2.67. The average Bonchev–Trinajstić information content (AvgIpc) is 2.74. The predicted molar refractivity (Wildman–Crippen MR) is 105 cm³/mol. The van der Waals surface area contributed by atoms with Crippen LogP contribution >= 0.6 is 0 Å². The lowest BCUT2D eigenvalue weighted by molar-refractivity contribution is -0.123. The van der Waals surface area contributed by atoms with Gasteiger partial charge in [-0.3, -0.25) is 9.59 Å². The fourth-order valence-corrected chi connectivity index (χ4v) is 5.14. The van der Waals surface area contributed by atoms with E-state index in [9.17, 15) is 18.0 Å². The van der Waals surface area contributed by atoms with E-state index in [1.807, 2.05) is 32.0 Å². The minimum Gasteiger partial charge on any atom is -0.322 e. The molecule has 1 heterocycles. The summed E-state index contributed by atoms with van der Waals surface area (Å²) in [6, 6.07) is 11.6. The van der Waals surface area contributed by atoms with Gasteiger partial charge in [-0.25, -0.2) is 12.7 Å². The number of carbonyl (C=O) groups is 2. The predicted octanol–water partition coefficient (Wildman–Crippen LogP) is 3.26. The Labute approximate surface area is 159 Å². The SMILES string of the molecule is Cc1ccc(NC(=O)c2ccc(N3C(=O)C(C)(C)CS3(=O)=O)cc2)cc1C. The molecule has 27 heavy (non-hydrogen) atoms. The number of nitrogens with zero attached hydrogens (tertiary/aromatic N) is 1. The molecule has 7 heteroatoms. The fraction of sp³-hybridized carbons (Fsp3) is 0.300. The minimum atomic E-state index is -3.70. The van der Waals surface area contributed by atoms with Gasteiger partial charge in [-0.15, -0.1) is 0 Å². The van der Waals surface area contributed by atoms with E-state index in [1.165, 1.54) is 24.3 Å². The average molecular weight is 386 g/mol. The number of sulfonamides is 1. The molecule has 0 bridgehead atoms. The summed E-state index contributed by atoms with van der Waals surface area (Å²) >= 11 is 0. The first-order valence-corrected chi connectivity index (χ1v) is 10.2. The Kier molecular flexibility index (Phi) is 4.59. The van der Waals surface area contributed by atoms with Gasteiger partial charge in [-0.1, -0.05) is 6.07 Å². The molecule has 2 amide bonds. The van der Waals surface area contributed by atoms with Gasteiger partial charge in [-0.2, -0.15) is 0 Å². The van der Waals surface area contributed by atoms with E-state index < -0.39 is 21.3 Å². The normalized spacial score (nSPS) is 17.8. The molecular weight excluding hydrogens is 364 g/mol. The molecule has 0 aromatic heterocycles. The summed E-state index contributed by atoms with van der Waals surface area (Å²) in [6.45, 7) is 7.18. The van der Waals surface area contributed by atoms with Crippen LogP contribution < -0.4 is 9.62 Å². The van der Waals surface area contributed by atoms with Crippen molar-refractivity contribution in [3.05, 3.63) is 59.2 Å². The van der Waals surface area contributed by atoms with Gasteiger partial charge in [0, 0.05) is 11.3 Å². The molecule has 142 valence electrons. The van der Waals surface area contributed by atoms with Crippen molar-refractivity contribution >= 4 is 33.2 Å². The number of nitrogens with one attached hydrogen (secondary N) is 1. The zero-order chi connectivity index (χ0) is 20.0. The lowest BCUT2D eigenvalue weighted by Crippen LogP contribution is -2.32. The van der Waals surface area contributed by atoms with Crippen LogP contribution in [0.4, 0.5) is 11.4 Å². The zero-order valence-corrected chi connectivity index (χ0v) is 16.6. The quantitative estimate of drug-likeness (QED) is 0.878. The number of aryl methyl sites for hydroxylation is 2. The number of carbonyl (C=O) groups excluding carboxylic acids is 2. The largest absolute Gasteiger partial charge is 0.322 e. The number of hydrogen-bond acceptors (Lipinski definition) is 4. The second-order valence-corrected chi connectivity index (χ2v) is 9.33. The molecular formula is C20H22N2O4S.